The van der Waals surface area contributed by atoms with E-state index in [1.807, 2.05) is 43.4 Å². The van der Waals surface area contributed by atoms with Gasteiger partial charge in [-0.1, -0.05) is 60.7 Å². The van der Waals surface area contributed by atoms with Crippen molar-refractivity contribution in [2.75, 3.05) is 7.05 Å². The van der Waals surface area contributed by atoms with Crippen LogP contribution in [0.2, 0.25) is 0 Å². The Morgan fingerprint density at radius 2 is 1.69 bits per heavy atom. The van der Waals surface area contributed by atoms with Crippen molar-refractivity contribution in [2.24, 2.45) is 0 Å². The molecule has 7 heteroatoms. The van der Waals surface area contributed by atoms with Gasteiger partial charge in [0.15, 0.2) is 0 Å². The number of carbonyl (C=O) groups is 2. The summed E-state index contributed by atoms with van der Waals surface area (Å²) in [6.07, 6.45) is 2.99. The Morgan fingerprint density at radius 3 is 2.43 bits per heavy atom. The highest BCUT2D eigenvalue weighted by Gasteiger charge is 2.38. The lowest BCUT2D eigenvalue weighted by molar-refractivity contribution is -0.131. The first kappa shape index (κ1) is 23.2. The Balaban J connectivity index is 1.23. The minimum atomic E-state index is -0.382. The molecule has 1 saturated heterocycles. The number of nitrogens with zero attached hydrogens (tertiary/aromatic N) is 3. The quantitative estimate of drug-likeness (QED) is 0.382. The third kappa shape index (κ3) is 5.41. The van der Waals surface area contributed by atoms with E-state index in [0.717, 1.165) is 35.0 Å². The average molecular weight is 485 g/mol. The second kappa shape index (κ2) is 9.96. The van der Waals surface area contributed by atoms with E-state index in [0.29, 0.717) is 25.8 Å². The predicted octanol–water partition coefficient (Wildman–Crippen LogP) is 4.99. The molecule has 5 rings (SSSR count). The molecule has 1 aliphatic heterocycles. The van der Waals surface area contributed by atoms with Crippen molar-refractivity contribution < 1.29 is 9.59 Å². The summed E-state index contributed by atoms with van der Waals surface area (Å²) in [5.41, 5.74) is 5.90. The van der Waals surface area contributed by atoms with Gasteiger partial charge in [-0.05, 0) is 53.6 Å². The van der Waals surface area contributed by atoms with Gasteiger partial charge in [-0.15, -0.1) is 0 Å². The maximum Gasteiger partial charge on any atom is 0.222 e. The minimum Gasteiger partial charge on any atom is -0.350 e. The normalized spacial score (nSPS) is 17.5. The highest BCUT2D eigenvalue weighted by molar-refractivity contribution is 7.00. The zero-order chi connectivity index (χ0) is 24.3. The summed E-state index contributed by atoms with van der Waals surface area (Å²) in [4.78, 5) is 26.9. The Morgan fingerprint density at radius 1 is 0.971 bits per heavy atom. The van der Waals surface area contributed by atoms with Crippen LogP contribution in [0.15, 0.2) is 72.8 Å². The summed E-state index contributed by atoms with van der Waals surface area (Å²) >= 11 is 1.19. The SMILES string of the molecule is CN(Cc1ccc2nsnc2c1)C(=O)CCC1(Cc2ccc(-c3ccccc3)cc2)CCC(=O)N1. The molecule has 1 fully saturated rings. The van der Waals surface area contributed by atoms with Gasteiger partial charge in [-0.2, -0.15) is 8.75 Å². The van der Waals surface area contributed by atoms with E-state index in [1.54, 1.807) is 4.90 Å². The zero-order valence-electron chi connectivity index (χ0n) is 19.7. The average Bonchev–Trinajstić information content (AvgIpc) is 3.49. The van der Waals surface area contributed by atoms with Crippen molar-refractivity contribution in [2.45, 2.75) is 44.2 Å². The molecule has 1 atom stereocenters. The molecule has 0 spiro atoms. The summed E-state index contributed by atoms with van der Waals surface area (Å²) in [5, 5.41) is 3.20. The number of fused-ring (bicyclic) bond motifs is 1. The van der Waals surface area contributed by atoms with E-state index in [1.165, 1.54) is 22.9 Å². The number of nitrogens with one attached hydrogen (secondary N) is 1. The molecule has 35 heavy (non-hydrogen) atoms. The molecule has 1 aromatic heterocycles. The fraction of sp³-hybridized carbons (Fsp3) is 0.286. The summed E-state index contributed by atoms with van der Waals surface area (Å²) in [5.74, 6) is 0.137. The summed E-state index contributed by atoms with van der Waals surface area (Å²) < 4.78 is 8.52. The van der Waals surface area contributed by atoms with E-state index in [9.17, 15) is 9.59 Å². The highest BCUT2D eigenvalue weighted by atomic mass is 32.1. The van der Waals surface area contributed by atoms with Crippen LogP contribution >= 0.6 is 11.7 Å². The van der Waals surface area contributed by atoms with Gasteiger partial charge in [0.05, 0.1) is 11.7 Å². The maximum atomic E-state index is 13.0. The fourth-order valence-corrected chi connectivity index (χ4v) is 5.36. The lowest BCUT2D eigenvalue weighted by atomic mass is 9.84. The van der Waals surface area contributed by atoms with E-state index in [-0.39, 0.29) is 17.4 Å². The maximum absolute atomic E-state index is 13.0. The first-order valence-electron chi connectivity index (χ1n) is 11.9. The van der Waals surface area contributed by atoms with E-state index < -0.39 is 0 Å². The number of amides is 2. The number of hydrogen-bond acceptors (Lipinski definition) is 5. The van der Waals surface area contributed by atoms with Crippen molar-refractivity contribution >= 4 is 34.6 Å². The van der Waals surface area contributed by atoms with Gasteiger partial charge in [0.2, 0.25) is 11.8 Å². The molecule has 0 radical (unpaired) electrons. The Labute approximate surface area is 209 Å². The van der Waals surface area contributed by atoms with Crippen LogP contribution in [0.5, 0.6) is 0 Å². The molecule has 2 amide bonds. The largest absolute Gasteiger partial charge is 0.350 e. The molecule has 4 aromatic rings. The van der Waals surface area contributed by atoms with Gasteiger partial charge in [-0.3, -0.25) is 9.59 Å². The summed E-state index contributed by atoms with van der Waals surface area (Å²) in [6.45, 7) is 0.520. The Kier molecular flexibility index (Phi) is 6.59. The van der Waals surface area contributed by atoms with Crippen LogP contribution in [0, 0.1) is 0 Å². The fourth-order valence-electron chi connectivity index (χ4n) is 4.84. The first-order chi connectivity index (χ1) is 17.0. The van der Waals surface area contributed by atoms with Crippen LogP contribution in [-0.2, 0) is 22.6 Å². The highest BCUT2D eigenvalue weighted by Crippen LogP contribution is 2.31. The van der Waals surface area contributed by atoms with Crippen LogP contribution in [-0.4, -0.2) is 38.0 Å². The summed E-state index contributed by atoms with van der Waals surface area (Å²) in [7, 11) is 1.83. The van der Waals surface area contributed by atoms with Crippen LogP contribution in [0.25, 0.3) is 22.2 Å². The monoisotopic (exact) mass is 484 g/mol. The molecule has 6 nitrogen and oxygen atoms in total. The molecule has 1 aliphatic rings. The van der Waals surface area contributed by atoms with Gasteiger partial charge in [-0.25, -0.2) is 0 Å². The van der Waals surface area contributed by atoms with Gasteiger partial charge in [0, 0.05) is 32.0 Å². The molecule has 1 unspecified atom stereocenters. The first-order valence-corrected chi connectivity index (χ1v) is 12.6. The zero-order valence-corrected chi connectivity index (χ0v) is 20.6. The van der Waals surface area contributed by atoms with Gasteiger partial charge < -0.3 is 10.2 Å². The van der Waals surface area contributed by atoms with E-state index >= 15 is 0 Å². The third-order valence-corrected chi connectivity index (χ3v) is 7.38. The van der Waals surface area contributed by atoms with Crippen molar-refractivity contribution in [3.63, 3.8) is 0 Å². The number of benzene rings is 3. The van der Waals surface area contributed by atoms with E-state index in [4.69, 9.17) is 0 Å². The molecule has 0 aliphatic carbocycles. The standard InChI is InChI=1S/C28H28N4O2S/c1-32(19-21-9-12-24-25(17-21)31-35-30-24)27(34)14-16-28(15-13-26(33)29-28)18-20-7-10-23(11-8-20)22-5-3-2-4-6-22/h2-12,17H,13-16,18-19H2,1H3,(H,29,33). The molecule has 0 saturated carbocycles. The number of carbonyl (C=O) groups excluding carboxylic acids is 2. The second-order valence-electron chi connectivity index (χ2n) is 9.41. The Hall–Kier alpha value is -3.58. The van der Waals surface area contributed by atoms with Gasteiger partial charge in [0.25, 0.3) is 0 Å². The Bertz CT molecular complexity index is 1340. The smallest absolute Gasteiger partial charge is 0.222 e. The van der Waals surface area contributed by atoms with Crippen molar-refractivity contribution in [1.29, 1.82) is 0 Å². The molecule has 1 N–H and O–H groups in total. The minimum absolute atomic E-state index is 0.0666. The second-order valence-corrected chi connectivity index (χ2v) is 9.93. The lowest BCUT2D eigenvalue weighted by Gasteiger charge is -2.30. The van der Waals surface area contributed by atoms with Crippen molar-refractivity contribution in [3.05, 3.63) is 83.9 Å². The van der Waals surface area contributed by atoms with Gasteiger partial charge in [0.1, 0.15) is 11.0 Å². The van der Waals surface area contributed by atoms with Crippen LogP contribution in [0.4, 0.5) is 0 Å². The summed E-state index contributed by atoms with van der Waals surface area (Å²) in [6, 6.07) is 24.7. The molecular formula is C28H28N4O2S. The van der Waals surface area contributed by atoms with Crippen LogP contribution in [0.3, 0.4) is 0 Å². The van der Waals surface area contributed by atoms with Crippen LogP contribution < -0.4 is 5.32 Å². The molecular weight excluding hydrogens is 456 g/mol. The molecule has 2 heterocycles. The predicted molar refractivity (Wildman–Crippen MR) is 139 cm³/mol. The number of hydrogen-bond donors (Lipinski definition) is 1. The molecule has 178 valence electrons. The lowest BCUT2D eigenvalue weighted by Crippen LogP contribution is -2.44. The number of aromatic nitrogens is 2. The topological polar surface area (TPSA) is 75.2 Å². The third-order valence-electron chi connectivity index (χ3n) is 6.82. The van der Waals surface area contributed by atoms with E-state index in [2.05, 4.69) is 50.5 Å². The van der Waals surface area contributed by atoms with Crippen molar-refractivity contribution in [1.82, 2.24) is 19.0 Å². The number of rotatable bonds is 8. The van der Waals surface area contributed by atoms with Gasteiger partial charge >= 0.3 is 0 Å². The van der Waals surface area contributed by atoms with Crippen molar-refractivity contribution in [3.8, 4) is 11.1 Å². The van der Waals surface area contributed by atoms with Crippen LogP contribution in [0.1, 0.15) is 36.8 Å². The molecule has 3 aromatic carbocycles. The molecule has 0 bridgehead atoms.